The first kappa shape index (κ1) is 16.7. The molecule has 25 heavy (non-hydrogen) atoms. The highest BCUT2D eigenvalue weighted by atomic mass is 16.5. The van der Waals surface area contributed by atoms with Gasteiger partial charge in [-0.15, -0.1) is 0 Å². The summed E-state index contributed by atoms with van der Waals surface area (Å²) in [5.74, 6) is 2.10. The largest absolute Gasteiger partial charge is 0.504 e. The molecule has 1 aromatic rings. The van der Waals surface area contributed by atoms with Crippen molar-refractivity contribution >= 4 is 0 Å². The molecule has 2 bridgehead atoms. The van der Waals surface area contributed by atoms with Crippen molar-refractivity contribution in [1.29, 1.82) is 0 Å². The fourth-order valence-corrected chi connectivity index (χ4v) is 5.38. The molecule has 0 spiro atoms. The zero-order chi connectivity index (χ0) is 17.8. The SMILES string of the molecule is COC1=C[C@@]23CCN(C)C(Cc4ccc(OC)c(O)c42)C3CC1OC. The summed E-state index contributed by atoms with van der Waals surface area (Å²) >= 11 is 0. The molecule has 5 heteroatoms. The molecule has 2 aliphatic carbocycles. The van der Waals surface area contributed by atoms with Crippen LogP contribution in [-0.4, -0.2) is 57.1 Å². The summed E-state index contributed by atoms with van der Waals surface area (Å²) < 4.78 is 16.8. The van der Waals surface area contributed by atoms with Gasteiger partial charge in [-0.05, 0) is 56.5 Å². The summed E-state index contributed by atoms with van der Waals surface area (Å²) in [5, 5.41) is 11.0. The summed E-state index contributed by atoms with van der Waals surface area (Å²) in [5.41, 5.74) is 2.03. The number of nitrogens with zero attached hydrogens (tertiary/aromatic N) is 1. The number of piperidine rings is 1. The number of fused-ring (bicyclic) bond motifs is 1. The lowest BCUT2D eigenvalue weighted by Gasteiger charge is -2.57. The Labute approximate surface area is 149 Å². The van der Waals surface area contributed by atoms with E-state index in [2.05, 4.69) is 24.1 Å². The lowest BCUT2D eigenvalue weighted by Crippen LogP contribution is -2.60. The highest BCUT2D eigenvalue weighted by Crippen LogP contribution is 2.58. The monoisotopic (exact) mass is 345 g/mol. The van der Waals surface area contributed by atoms with Crippen molar-refractivity contribution in [1.82, 2.24) is 4.90 Å². The molecule has 4 atom stereocenters. The van der Waals surface area contributed by atoms with E-state index in [1.807, 2.05) is 6.07 Å². The van der Waals surface area contributed by atoms with E-state index in [9.17, 15) is 5.11 Å². The molecule has 1 heterocycles. The van der Waals surface area contributed by atoms with Gasteiger partial charge in [0, 0.05) is 24.1 Å². The second-order valence-electron chi connectivity index (χ2n) is 7.51. The molecule has 0 saturated carbocycles. The van der Waals surface area contributed by atoms with Crippen molar-refractivity contribution in [2.75, 3.05) is 34.9 Å². The number of ether oxygens (including phenoxy) is 3. The maximum Gasteiger partial charge on any atom is 0.162 e. The van der Waals surface area contributed by atoms with Crippen molar-refractivity contribution in [3.05, 3.63) is 35.1 Å². The Morgan fingerprint density at radius 2 is 2.00 bits per heavy atom. The van der Waals surface area contributed by atoms with Crippen LogP contribution in [0.15, 0.2) is 24.0 Å². The van der Waals surface area contributed by atoms with Crippen molar-refractivity contribution in [3.8, 4) is 11.5 Å². The molecular weight excluding hydrogens is 318 g/mol. The number of phenols is 1. The third-order valence-electron chi connectivity index (χ3n) is 6.62. The maximum atomic E-state index is 11.0. The summed E-state index contributed by atoms with van der Waals surface area (Å²) in [6.07, 6.45) is 5.02. The number of allylic oxidation sites excluding steroid dienone is 1. The number of hydrogen-bond acceptors (Lipinski definition) is 5. The smallest absolute Gasteiger partial charge is 0.162 e. The van der Waals surface area contributed by atoms with E-state index < -0.39 is 0 Å². The van der Waals surface area contributed by atoms with E-state index in [0.29, 0.717) is 17.7 Å². The first-order valence-electron chi connectivity index (χ1n) is 8.94. The average molecular weight is 345 g/mol. The van der Waals surface area contributed by atoms with Crippen molar-refractivity contribution in [2.45, 2.75) is 36.8 Å². The number of rotatable bonds is 3. The minimum atomic E-state index is -0.218. The first-order chi connectivity index (χ1) is 12.1. The molecular formula is C20H27NO4. The summed E-state index contributed by atoms with van der Waals surface area (Å²) in [6.45, 7) is 1.00. The number of likely N-dealkylation sites (N-methyl/N-ethyl adjacent to an activating group) is 1. The van der Waals surface area contributed by atoms with Crippen molar-refractivity contribution < 1.29 is 19.3 Å². The lowest BCUT2D eigenvalue weighted by atomic mass is 9.53. The molecule has 1 N–H and O–H groups in total. The standard InChI is InChI=1S/C20H27NO4/c1-21-8-7-20-11-17(25-4)16(24-3)10-13(20)14(21)9-12-5-6-15(23-2)19(22)18(12)20/h5-6,11,13-14,16,22H,7-10H2,1-4H3/t13?,14?,16?,20-/m1/s1. The highest BCUT2D eigenvalue weighted by Gasteiger charge is 2.56. The molecule has 0 radical (unpaired) electrons. The second-order valence-corrected chi connectivity index (χ2v) is 7.51. The van der Waals surface area contributed by atoms with Gasteiger partial charge in [0.05, 0.1) is 14.2 Å². The van der Waals surface area contributed by atoms with Crippen LogP contribution in [0.1, 0.15) is 24.0 Å². The molecule has 1 aliphatic heterocycles. The van der Waals surface area contributed by atoms with Crippen LogP contribution in [0, 0.1) is 5.92 Å². The zero-order valence-corrected chi connectivity index (χ0v) is 15.4. The Balaban J connectivity index is 1.97. The lowest BCUT2D eigenvalue weighted by molar-refractivity contribution is -0.0197. The van der Waals surface area contributed by atoms with Crippen LogP contribution in [0.4, 0.5) is 0 Å². The van der Waals surface area contributed by atoms with Gasteiger partial charge in [-0.25, -0.2) is 0 Å². The Morgan fingerprint density at radius 1 is 1.20 bits per heavy atom. The minimum Gasteiger partial charge on any atom is -0.504 e. The van der Waals surface area contributed by atoms with Crippen LogP contribution in [0.5, 0.6) is 11.5 Å². The normalized spacial score (nSPS) is 33.9. The molecule has 0 amide bonds. The van der Waals surface area contributed by atoms with Gasteiger partial charge in [0.1, 0.15) is 11.9 Å². The van der Waals surface area contributed by atoms with Crippen LogP contribution in [0.3, 0.4) is 0 Å². The van der Waals surface area contributed by atoms with Gasteiger partial charge < -0.3 is 24.2 Å². The fraction of sp³-hybridized carbons (Fsp3) is 0.600. The average Bonchev–Trinajstić information content (AvgIpc) is 2.63. The Morgan fingerprint density at radius 3 is 2.68 bits per heavy atom. The van der Waals surface area contributed by atoms with Crippen LogP contribution < -0.4 is 4.74 Å². The first-order valence-corrected chi connectivity index (χ1v) is 8.94. The van der Waals surface area contributed by atoms with Crippen molar-refractivity contribution in [2.24, 2.45) is 5.92 Å². The number of methoxy groups -OCH3 is 3. The molecule has 1 fully saturated rings. The Hall–Kier alpha value is -1.72. The summed E-state index contributed by atoms with van der Waals surface area (Å²) in [6, 6.07) is 4.44. The predicted molar refractivity (Wildman–Crippen MR) is 95.1 cm³/mol. The van der Waals surface area contributed by atoms with Crippen LogP contribution in [0.2, 0.25) is 0 Å². The highest BCUT2D eigenvalue weighted by molar-refractivity contribution is 5.58. The van der Waals surface area contributed by atoms with Gasteiger partial charge in [0.2, 0.25) is 0 Å². The van der Waals surface area contributed by atoms with Crippen LogP contribution in [-0.2, 0) is 21.3 Å². The van der Waals surface area contributed by atoms with Crippen LogP contribution in [0.25, 0.3) is 0 Å². The Bertz CT molecular complexity index is 716. The number of likely N-dealkylation sites (tertiary alicyclic amines) is 1. The number of benzene rings is 1. The maximum absolute atomic E-state index is 11.0. The minimum absolute atomic E-state index is 0.0218. The Kier molecular flexibility index (Phi) is 3.96. The van der Waals surface area contributed by atoms with Crippen molar-refractivity contribution in [3.63, 3.8) is 0 Å². The molecule has 0 aromatic heterocycles. The summed E-state index contributed by atoms with van der Waals surface area (Å²) in [4.78, 5) is 2.46. The second kappa shape index (κ2) is 5.92. The zero-order valence-electron chi connectivity index (χ0n) is 15.4. The predicted octanol–water partition coefficient (Wildman–Crippen LogP) is 2.46. The van der Waals surface area contributed by atoms with Gasteiger partial charge in [0.15, 0.2) is 11.5 Å². The van der Waals surface area contributed by atoms with E-state index in [0.717, 1.165) is 37.1 Å². The van der Waals surface area contributed by atoms with E-state index in [-0.39, 0.29) is 17.3 Å². The molecule has 5 nitrogen and oxygen atoms in total. The number of hydrogen-bond donors (Lipinski definition) is 1. The third-order valence-corrected chi connectivity index (χ3v) is 6.62. The van der Waals surface area contributed by atoms with Gasteiger partial charge in [-0.3, -0.25) is 0 Å². The summed E-state index contributed by atoms with van der Waals surface area (Å²) in [7, 11) is 7.26. The molecule has 4 rings (SSSR count). The molecule has 136 valence electrons. The van der Waals surface area contributed by atoms with Gasteiger partial charge in [-0.2, -0.15) is 0 Å². The molecule has 3 aliphatic rings. The van der Waals surface area contributed by atoms with Crippen LogP contribution >= 0.6 is 0 Å². The van der Waals surface area contributed by atoms with Gasteiger partial charge >= 0.3 is 0 Å². The number of phenolic OH excluding ortho intramolecular Hbond substituents is 1. The fourth-order valence-electron chi connectivity index (χ4n) is 5.38. The van der Waals surface area contributed by atoms with Gasteiger partial charge in [-0.1, -0.05) is 6.07 Å². The van der Waals surface area contributed by atoms with E-state index in [4.69, 9.17) is 14.2 Å². The van der Waals surface area contributed by atoms with E-state index in [1.54, 1.807) is 21.3 Å². The van der Waals surface area contributed by atoms with E-state index in [1.165, 1.54) is 5.56 Å². The third kappa shape index (κ3) is 2.22. The molecule has 1 saturated heterocycles. The topological polar surface area (TPSA) is 51.2 Å². The van der Waals surface area contributed by atoms with E-state index >= 15 is 0 Å². The quantitative estimate of drug-likeness (QED) is 0.912. The molecule has 1 aromatic carbocycles. The van der Waals surface area contributed by atoms with Gasteiger partial charge in [0.25, 0.3) is 0 Å². The number of aromatic hydroxyl groups is 1. The molecule has 3 unspecified atom stereocenters.